The Labute approximate surface area is 114 Å². The Morgan fingerprint density at radius 3 is 2.60 bits per heavy atom. The molecule has 1 aromatic heterocycles. The summed E-state index contributed by atoms with van der Waals surface area (Å²) in [5.41, 5.74) is 0.189. The Bertz CT molecular complexity index is 577. The van der Waals surface area contributed by atoms with E-state index in [0.29, 0.717) is 12.2 Å². The van der Waals surface area contributed by atoms with E-state index in [1.165, 1.54) is 6.26 Å². The van der Waals surface area contributed by atoms with Crippen LogP contribution in [0.25, 0.3) is 0 Å². The van der Waals surface area contributed by atoms with Gasteiger partial charge in [0.1, 0.15) is 29.3 Å². The number of nitrogens with zero attached hydrogens (tertiary/aromatic N) is 1. The van der Waals surface area contributed by atoms with Crippen molar-refractivity contribution in [3.63, 3.8) is 0 Å². The van der Waals surface area contributed by atoms with Crippen molar-refractivity contribution in [2.75, 3.05) is 11.9 Å². The Balaban J connectivity index is 2.10. The van der Waals surface area contributed by atoms with Crippen molar-refractivity contribution in [1.29, 1.82) is 0 Å². The van der Waals surface area contributed by atoms with Gasteiger partial charge in [-0.05, 0) is 19.1 Å². The summed E-state index contributed by atoms with van der Waals surface area (Å²) in [6, 6.07) is 3.55. The minimum atomic E-state index is -0.807. The highest BCUT2D eigenvalue weighted by atomic mass is 19.1. The maximum atomic E-state index is 13.7. The van der Waals surface area contributed by atoms with Gasteiger partial charge in [-0.3, -0.25) is 4.79 Å². The average molecular weight is 281 g/mol. The number of rotatable bonds is 5. The van der Waals surface area contributed by atoms with Crippen molar-refractivity contribution >= 4 is 11.6 Å². The zero-order valence-electron chi connectivity index (χ0n) is 10.7. The molecule has 0 saturated carbocycles. The van der Waals surface area contributed by atoms with Gasteiger partial charge in [-0.1, -0.05) is 5.16 Å². The number of nitrogens with one attached hydrogen (secondary N) is 2. The Kier molecular flexibility index (Phi) is 4.29. The van der Waals surface area contributed by atoms with Crippen LogP contribution in [0.15, 0.2) is 29.0 Å². The lowest BCUT2D eigenvalue weighted by Gasteiger charge is -2.09. The van der Waals surface area contributed by atoms with Gasteiger partial charge >= 0.3 is 0 Å². The molecule has 5 nitrogen and oxygen atoms in total. The second-order valence-corrected chi connectivity index (χ2v) is 4.02. The molecule has 106 valence electrons. The van der Waals surface area contributed by atoms with Gasteiger partial charge < -0.3 is 15.2 Å². The van der Waals surface area contributed by atoms with Crippen LogP contribution in [0.1, 0.15) is 23.0 Å². The molecule has 0 atom stereocenters. The maximum absolute atomic E-state index is 13.7. The number of halogens is 2. The number of anilines is 1. The number of carbonyl (C=O) groups excluding carboxylic acids is 1. The summed E-state index contributed by atoms with van der Waals surface area (Å²) in [6.45, 7) is 2.22. The maximum Gasteiger partial charge on any atom is 0.251 e. The van der Waals surface area contributed by atoms with E-state index < -0.39 is 17.5 Å². The van der Waals surface area contributed by atoms with Gasteiger partial charge in [0.05, 0.1) is 6.54 Å². The van der Waals surface area contributed by atoms with Crippen molar-refractivity contribution in [1.82, 2.24) is 10.5 Å². The molecule has 0 saturated heterocycles. The van der Waals surface area contributed by atoms with E-state index in [-0.39, 0.29) is 17.8 Å². The summed E-state index contributed by atoms with van der Waals surface area (Å²) >= 11 is 0. The van der Waals surface area contributed by atoms with Gasteiger partial charge in [-0.15, -0.1) is 0 Å². The molecule has 1 amide bonds. The summed E-state index contributed by atoms with van der Waals surface area (Å²) in [5.74, 6) is -2.20. The molecule has 2 rings (SSSR count). The van der Waals surface area contributed by atoms with Gasteiger partial charge in [0.25, 0.3) is 5.91 Å². The molecule has 1 heterocycles. The fraction of sp³-hybridized carbons (Fsp3) is 0.231. The first-order valence-electron chi connectivity index (χ1n) is 6.02. The molecule has 2 N–H and O–H groups in total. The van der Waals surface area contributed by atoms with E-state index in [4.69, 9.17) is 0 Å². The van der Waals surface area contributed by atoms with Crippen LogP contribution < -0.4 is 10.6 Å². The van der Waals surface area contributed by atoms with Crippen molar-refractivity contribution in [2.24, 2.45) is 0 Å². The molecule has 0 unspecified atom stereocenters. The largest absolute Gasteiger partial charge is 0.381 e. The van der Waals surface area contributed by atoms with Crippen molar-refractivity contribution < 1.29 is 18.1 Å². The van der Waals surface area contributed by atoms with Gasteiger partial charge in [0.15, 0.2) is 0 Å². The van der Waals surface area contributed by atoms with E-state index in [1.807, 2.05) is 0 Å². The highest BCUT2D eigenvalue weighted by Crippen LogP contribution is 2.20. The predicted octanol–water partition coefficient (Wildman–Crippen LogP) is 2.31. The zero-order valence-corrected chi connectivity index (χ0v) is 10.7. The Morgan fingerprint density at radius 2 is 2.05 bits per heavy atom. The molecule has 2 aromatic rings. The molecule has 0 fully saturated rings. The van der Waals surface area contributed by atoms with Crippen LogP contribution in [-0.2, 0) is 6.54 Å². The number of hydrogen-bond donors (Lipinski definition) is 2. The number of aromatic nitrogens is 1. The summed E-state index contributed by atoms with van der Waals surface area (Å²) in [5, 5.41) is 8.66. The third kappa shape index (κ3) is 3.11. The van der Waals surface area contributed by atoms with Crippen LogP contribution in [0.4, 0.5) is 14.5 Å². The lowest BCUT2D eigenvalue weighted by molar-refractivity contribution is 0.0949. The first-order valence-corrected chi connectivity index (χ1v) is 6.02. The topological polar surface area (TPSA) is 67.2 Å². The minimum Gasteiger partial charge on any atom is -0.381 e. The molecular formula is C13H13F2N3O2. The molecule has 0 bridgehead atoms. The minimum absolute atomic E-state index is 0.0925. The van der Waals surface area contributed by atoms with Crippen LogP contribution in [0.3, 0.4) is 0 Å². The number of amides is 1. The van der Waals surface area contributed by atoms with Crippen LogP contribution in [0, 0.1) is 11.6 Å². The lowest BCUT2D eigenvalue weighted by Crippen LogP contribution is -2.23. The van der Waals surface area contributed by atoms with Gasteiger partial charge in [0, 0.05) is 18.2 Å². The van der Waals surface area contributed by atoms with Crippen molar-refractivity contribution in [3.05, 3.63) is 47.4 Å². The van der Waals surface area contributed by atoms with Gasteiger partial charge in [-0.2, -0.15) is 0 Å². The molecule has 20 heavy (non-hydrogen) atoms. The fourth-order valence-electron chi connectivity index (χ4n) is 1.65. The third-order valence-corrected chi connectivity index (χ3v) is 2.58. The Hall–Kier alpha value is -2.44. The van der Waals surface area contributed by atoms with E-state index in [9.17, 15) is 13.6 Å². The predicted molar refractivity (Wildman–Crippen MR) is 68.2 cm³/mol. The highest BCUT2D eigenvalue weighted by molar-refractivity contribution is 5.94. The van der Waals surface area contributed by atoms with Crippen molar-refractivity contribution in [2.45, 2.75) is 13.5 Å². The lowest BCUT2D eigenvalue weighted by atomic mass is 10.1. The van der Waals surface area contributed by atoms with Gasteiger partial charge in [0.2, 0.25) is 0 Å². The normalized spacial score (nSPS) is 10.3. The SMILES string of the molecule is CCNc1c(F)cc(C(=O)NCc2ccon2)cc1F. The quantitative estimate of drug-likeness (QED) is 0.882. The van der Waals surface area contributed by atoms with E-state index in [1.54, 1.807) is 13.0 Å². The number of carbonyl (C=O) groups is 1. The fourth-order valence-corrected chi connectivity index (χ4v) is 1.65. The average Bonchev–Trinajstić information content (AvgIpc) is 2.93. The molecule has 0 spiro atoms. The summed E-state index contributed by atoms with van der Waals surface area (Å²) in [7, 11) is 0. The van der Waals surface area contributed by atoms with E-state index >= 15 is 0 Å². The first-order chi connectivity index (χ1) is 9.61. The summed E-state index contributed by atoms with van der Waals surface area (Å²) in [6.07, 6.45) is 1.37. The first kappa shape index (κ1) is 14.0. The molecule has 1 aromatic carbocycles. The van der Waals surface area contributed by atoms with Crippen LogP contribution in [0.2, 0.25) is 0 Å². The monoisotopic (exact) mass is 281 g/mol. The second-order valence-electron chi connectivity index (χ2n) is 4.02. The molecule has 0 aliphatic rings. The van der Waals surface area contributed by atoms with Crippen molar-refractivity contribution in [3.8, 4) is 0 Å². The molecule has 0 radical (unpaired) electrons. The summed E-state index contributed by atoms with van der Waals surface area (Å²) in [4.78, 5) is 11.8. The van der Waals surface area contributed by atoms with E-state index in [0.717, 1.165) is 12.1 Å². The summed E-state index contributed by atoms with van der Waals surface area (Å²) < 4.78 is 31.9. The van der Waals surface area contributed by atoms with Crippen LogP contribution in [-0.4, -0.2) is 17.6 Å². The molecule has 7 heteroatoms. The smallest absolute Gasteiger partial charge is 0.251 e. The van der Waals surface area contributed by atoms with Crippen LogP contribution in [0.5, 0.6) is 0 Å². The van der Waals surface area contributed by atoms with Gasteiger partial charge in [-0.25, -0.2) is 8.78 Å². The number of hydrogen-bond acceptors (Lipinski definition) is 4. The second kappa shape index (κ2) is 6.14. The van der Waals surface area contributed by atoms with Crippen LogP contribution >= 0.6 is 0 Å². The molecule has 0 aliphatic heterocycles. The zero-order chi connectivity index (χ0) is 14.5. The molecular weight excluding hydrogens is 268 g/mol. The van der Waals surface area contributed by atoms with E-state index in [2.05, 4.69) is 20.3 Å². The highest BCUT2D eigenvalue weighted by Gasteiger charge is 2.14. The molecule has 0 aliphatic carbocycles. The number of benzene rings is 1. The third-order valence-electron chi connectivity index (χ3n) is 2.58. The Morgan fingerprint density at radius 1 is 1.35 bits per heavy atom. The standard InChI is InChI=1S/C13H13F2N3O2/c1-2-16-12-10(14)5-8(6-11(12)15)13(19)17-7-9-3-4-20-18-9/h3-6,16H,2,7H2,1H3,(H,17,19).